The zero-order valence-electron chi connectivity index (χ0n) is 14.1. The minimum absolute atomic E-state index is 0.0734. The van der Waals surface area contributed by atoms with E-state index in [1.807, 2.05) is 13.0 Å². The minimum Gasteiger partial charge on any atom is -0.310 e. The minimum atomic E-state index is 0.0734. The van der Waals surface area contributed by atoms with Crippen molar-refractivity contribution in [1.29, 1.82) is 0 Å². The second-order valence-electron chi connectivity index (χ2n) is 7.81. The Morgan fingerprint density at radius 1 is 1.41 bits per heavy atom. The molecule has 2 aliphatic rings. The fraction of sp³-hybridized carbons (Fsp3) is 0.765. The number of carbonyl (C=O) groups excluding carboxylic acids is 1. The third-order valence-electron chi connectivity index (χ3n) is 4.78. The topological polar surface area (TPSA) is 46.9 Å². The maximum absolute atomic E-state index is 12.2. The van der Waals surface area contributed by atoms with Gasteiger partial charge < -0.3 is 5.32 Å². The SMILES string of the molecule is Cc1cc(NC(=O)CSC(C)(C)C)n([C@@H]2C[C@H]3CC[C@H]2C3)n1. The summed E-state index contributed by atoms with van der Waals surface area (Å²) in [4.78, 5) is 12.2. The lowest BCUT2D eigenvalue weighted by Crippen LogP contribution is -2.24. The molecular formula is C17H27N3OS. The molecule has 2 saturated carbocycles. The number of rotatable bonds is 4. The van der Waals surface area contributed by atoms with E-state index in [-0.39, 0.29) is 10.7 Å². The van der Waals surface area contributed by atoms with E-state index in [1.165, 1.54) is 25.7 Å². The highest BCUT2D eigenvalue weighted by Gasteiger charge is 2.41. The Kier molecular flexibility index (Phi) is 4.27. The predicted molar refractivity (Wildman–Crippen MR) is 92.3 cm³/mol. The first-order valence-electron chi connectivity index (χ1n) is 8.32. The van der Waals surface area contributed by atoms with Crippen molar-refractivity contribution in [2.24, 2.45) is 11.8 Å². The van der Waals surface area contributed by atoms with Crippen molar-refractivity contribution in [3.8, 4) is 0 Å². The van der Waals surface area contributed by atoms with E-state index in [2.05, 4.69) is 35.9 Å². The van der Waals surface area contributed by atoms with Crippen molar-refractivity contribution in [2.75, 3.05) is 11.1 Å². The Balaban J connectivity index is 1.68. The van der Waals surface area contributed by atoms with Gasteiger partial charge in [-0.05, 0) is 38.0 Å². The van der Waals surface area contributed by atoms with Gasteiger partial charge in [0.25, 0.3) is 0 Å². The molecule has 0 aliphatic heterocycles. The monoisotopic (exact) mass is 321 g/mol. The molecule has 3 rings (SSSR count). The summed E-state index contributed by atoms with van der Waals surface area (Å²) in [6.45, 7) is 8.40. The van der Waals surface area contributed by atoms with Gasteiger partial charge in [-0.15, -0.1) is 11.8 Å². The summed E-state index contributed by atoms with van der Waals surface area (Å²) in [6.07, 6.45) is 5.27. The number of nitrogens with one attached hydrogen (secondary N) is 1. The highest BCUT2D eigenvalue weighted by Crippen LogP contribution is 2.51. The number of hydrogen-bond acceptors (Lipinski definition) is 3. The number of amides is 1. The van der Waals surface area contributed by atoms with Crippen LogP contribution in [0.4, 0.5) is 5.82 Å². The van der Waals surface area contributed by atoms with Crippen molar-refractivity contribution in [1.82, 2.24) is 9.78 Å². The van der Waals surface area contributed by atoms with Crippen LogP contribution in [0.2, 0.25) is 0 Å². The van der Waals surface area contributed by atoms with E-state index in [9.17, 15) is 4.79 Å². The Morgan fingerprint density at radius 3 is 2.77 bits per heavy atom. The largest absolute Gasteiger partial charge is 0.310 e. The van der Waals surface area contributed by atoms with Gasteiger partial charge in [0, 0.05) is 10.8 Å². The maximum Gasteiger partial charge on any atom is 0.235 e. The molecular weight excluding hydrogens is 294 g/mol. The lowest BCUT2D eigenvalue weighted by molar-refractivity contribution is -0.113. The molecule has 1 aromatic heterocycles. The summed E-state index contributed by atoms with van der Waals surface area (Å²) in [5.41, 5.74) is 0.988. The Hall–Kier alpha value is -0.970. The second kappa shape index (κ2) is 5.91. The summed E-state index contributed by atoms with van der Waals surface area (Å²) < 4.78 is 2.21. The number of thioether (sulfide) groups is 1. The van der Waals surface area contributed by atoms with Crippen LogP contribution in [-0.2, 0) is 4.79 Å². The smallest absolute Gasteiger partial charge is 0.235 e. The average Bonchev–Trinajstić information content (AvgIpc) is 3.10. The molecule has 122 valence electrons. The predicted octanol–water partition coefficient (Wildman–Crippen LogP) is 4.02. The average molecular weight is 321 g/mol. The van der Waals surface area contributed by atoms with Gasteiger partial charge in [-0.25, -0.2) is 4.68 Å². The molecule has 0 saturated heterocycles. The number of aromatic nitrogens is 2. The van der Waals surface area contributed by atoms with Crippen molar-refractivity contribution < 1.29 is 4.79 Å². The van der Waals surface area contributed by atoms with Gasteiger partial charge in [0.1, 0.15) is 5.82 Å². The summed E-state index contributed by atoms with van der Waals surface area (Å²) in [5, 5.41) is 7.75. The molecule has 2 bridgehead atoms. The first kappa shape index (κ1) is 15.9. The van der Waals surface area contributed by atoms with Crippen LogP contribution < -0.4 is 5.32 Å². The number of hydrogen-bond donors (Lipinski definition) is 1. The molecule has 5 heteroatoms. The molecule has 0 radical (unpaired) electrons. The summed E-state index contributed by atoms with van der Waals surface area (Å²) in [7, 11) is 0. The van der Waals surface area contributed by atoms with Gasteiger partial charge in [-0.1, -0.05) is 27.2 Å². The first-order chi connectivity index (χ1) is 10.3. The van der Waals surface area contributed by atoms with Crippen LogP contribution in [0, 0.1) is 18.8 Å². The van der Waals surface area contributed by atoms with E-state index in [1.54, 1.807) is 11.8 Å². The first-order valence-corrected chi connectivity index (χ1v) is 9.30. The molecule has 2 fully saturated rings. The van der Waals surface area contributed by atoms with Gasteiger partial charge >= 0.3 is 0 Å². The molecule has 1 N–H and O–H groups in total. The van der Waals surface area contributed by atoms with Crippen molar-refractivity contribution in [3.63, 3.8) is 0 Å². The van der Waals surface area contributed by atoms with Crippen molar-refractivity contribution in [3.05, 3.63) is 11.8 Å². The van der Waals surface area contributed by atoms with E-state index in [4.69, 9.17) is 0 Å². The third kappa shape index (κ3) is 3.50. The standard InChI is InChI=1S/C17H27N3OS/c1-11-7-15(18-16(21)10-22-17(2,3)4)20(19-11)14-9-12-5-6-13(14)8-12/h7,12-14H,5-6,8-10H2,1-4H3,(H,18,21)/t12-,13-,14+/m0/s1. The zero-order valence-corrected chi connectivity index (χ0v) is 14.9. The van der Waals surface area contributed by atoms with Crippen LogP contribution in [0.1, 0.15) is 58.2 Å². The molecule has 2 aliphatic carbocycles. The maximum atomic E-state index is 12.2. The molecule has 1 aromatic rings. The zero-order chi connectivity index (χ0) is 15.9. The van der Waals surface area contributed by atoms with Crippen molar-refractivity contribution in [2.45, 2.75) is 64.2 Å². The number of aryl methyl sites for hydroxylation is 1. The van der Waals surface area contributed by atoms with E-state index in [0.717, 1.165) is 23.3 Å². The normalized spacial score (nSPS) is 27.4. The van der Waals surface area contributed by atoms with E-state index >= 15 is 0 Å². The Morgan fingerprint density at radius 2 is 2.18 bits per heavy atom. The van der Waals surface area contributed by atoms with Gasteiger partial charge in [0.05, 0.1) is 17.5 Å². The fourth-order valence-electron chi connectivity index (χ4n) is 3.83. The molecule has 3 atom stereocenters. The summed E-state index contributed by atoms with van der Waals surface area (Å²) in [6, 6.07) is 2.49. The fourth-order valence-corrected chi connectivity index (χ4v) is 4.47. The Bertz CT molecular complexity index is 561. The van der Waals surface area contributed by atoms with E-state index < -0.39 is 0 Å². The van der Waals surface area contributed by atoms with Crippen LogP contribution in [0.3, 0.4) is 0 Å². The Labute approximate surface area is 137 Å². The summed E-state index contributed by atoms with van der Waals surface area (Å²) >= 11 is 1.68. The number of anilines is 1. The molecule has 0 aromatic carbocycles. The van der Waals surface area contributed by atoms with Gasteiger partial charge in [-0.2, -0.15) is 5.10 Å². The number of carbonyl (C=O) groups is 1. The van der Waals surface area contributed by atoms with Crippen LogP contribution >= 0.6 is 11.8 Å². The summed E-state index contributed by atoms with van der Waals surface area (Å²) in [5.74, 6) is 3.08. The lowest BCUT2D eigenvalue weighted by atomic mass is 9.95. The molecule has 0 unspecified atom stereocenters. The highest BCUT2D eigenvalue weighted by molar-refractivity contribution is 8.01. The number of fused-ring (bicyclic) bond motifs is 2. The van der Waals surface area contributed by atoms with Crippen LogP contribution in [0.5, 0.6) is 0 Å². The van der Waals surface area contributed by atoms with E-state index in [0.29, 0.717) is 11.8 Å². The molecule has 22 heavy (non-hydrogen) atoms. The molecule has 4 nitrogen and oxygen atoms in total. The number of nitrogens with zero attached hydrogens (tertiary/aromatic N) is 2. The van der Waals surface area contributed by atoms with Gasteiger partial charge in [-0.3, -0.25) is 4.79 Å². The van der Waals surface area contributed by atoms with Crippen LogP contribution in [0.25, 0.3) is 0 Å². The lowest BCUT2D eigenvalue weighted by Gasteiger charge is -2.24. The molecule has 1 heterocycles. The van der Waals surface area contributed by atoms with Crippen molar-refractivity contribution >= 4 is 23.5 Å². The molecule has 1 amide bonds. The third-order valence-corrected chi connectivity index (χ3v) is 6.05. The molecule has 0 spiro atoms. The van der Waals surface area contributed by atoms with Crippen LogP contribution in [0.15, 0.2) is 6.07 Å². The van der Waals surface area contributed by atoms with Gasteiger partial charge in [0.15, 0.2) is 0 Å². The quantitative estimate of drug-likeness (QED) is 0.911. The van der Waals surface area contributed by atoms with Gasteiger partial charge in [0.2, 0.25) is 5.91 Å². The van der Waals surface area contributed by atoms with Crippen LogP contribution in [-0.4, -0.2) is 26.2 Å². The second-order valence-corrected chi connectivity index (χ2v) is 9.61. The highest BCUT2D eigenvalue weighted by atomic mass is 32.2.